The molecule has 0 aliphatic heterocycles. The number of amides is 2. The fourth-order valence-corrected chi connectivity index (χ4v) is 2.63. The second-order valence-electron chi connectivity index (χ2n) is 3.61. The largest absolute Gasteiger partial charge is 0.368 e. The molecule has 0 fully saturated rings. The Morgan fingerprint density at radius 2 is 1.89 bits per heavy atom. The average Bonchev–Trinajstić information content (AvgIpc) is 2.26. The number of halogens is 2. The second kappa shape index (κ2) is 6.70. The fraction of sp³-hybridized carbons (Fsp3) is 0.167. The van der Waals surface area contributed by atoms with Crippen molar-refractivity contribution in [2.45, 2.75) is 12.5 Å². The summed E-state index contributed by atoms with van der Waals surface area (Å²) >= 11 is 6.58. The lowest BCUT2D eigenvalue weighted by atomic mass is 10.1. The lowest BCUT2D eigenvalue weighted by Crippen LogP contribution is -2.44. The van der Waals surface area contributed by atoms with Gasteiger partial charge in [0.25, 0.3) is 5.91 Å². The van der Waals surface area contributed by atoms with Gasteiger partial charge in [-0.05, 0) is 24.6 Å². The van der Waals surface area contributed by atoms with Gasteiger partial charge in [0, 0.05) is 14.5 Å². The van der Waals surface area contributed by atoms with Crippen molar-refractivity contribution in [3.05, 3.63) is 45.4 Å². The van der Waals surface area contributed by atoms with Crippen molar-refractivity contribution in [2.24, 2.45) is 5.73 Å². The third kappa shape index (κ3) is 4.27. The van der Waals surface area contributed by atoms with Crippen LogP contribution in [-0.4, -0.2) is 17.9 Å². The molecule has 0 aliphatic rings. The van der Waals surface area contributed by atoms with Crippen molar-refractivity contribution in [1.82, 2.24) is 5.32 Å². The van der Waals surface area contributed by atoms with Gasteiger partial charge < -0.3 is 11.1 Å². The maximum Gasteiger partial charge on any atom is 0.252 e. The Morgan fingerprint density at radius 1 is 1.33 bits per heavy atom. The van der Waals surface area contributed by atoms with E-state index in [9.17, 15) is 9.59 Å². The highest BCUT2D eigenvalue weighted by Crippen LogP contribution is 2.20. The zero-order chi connectivity index (χ0) is 13.7. The van der Waals surface area contributed by atoms with Crippen LogP contribution < -0.4 is 11.1 Å². The van der Waals surface area contributed by atoms with Crippen molar-refractivity contribution in [3.8, 4) is 0 Å². The Hall–Kier alpha value is -1.14. The van der Waals surface area contributed by atoms with E-state index in [2.05, 4.69) is 43.8 Å². The zero-order valence-corrected chi connectivity index (χ0v) is 12.6. The van der Waals surface area contributed by atoms with Crippen LogP contribution in [0.4, 0.5) is 0 Å². The van der Waals surface area contributed by atoms with Crippen LogP contribution >= 0.6 is 31.9 Å². The standard InChI is InChI=1S/C12H12Br2N2O2/c1-2-3-10(11(15)17)16-12(18)7-4-8(13)6-9(14)5-7/h2,4-6,10H,1,3H2,(H2,15,17)(H,16,18)/t10-/m0/s1. The molecule has 3 N–H and O–H groups in total. The molecule has 0 saturated heterocycles. The van der Waals surface area contributed by atoms with Crippen LogP contribution in [0.1, 0.15) is 16.8 Å². The third-order valence-corrected chi connectivity index (χ3v) is 3.09. The van der Waals surface area contributed by atoms with E-state index in [1.54, 1.807) is 12.1 Å². The van der Waals surface area contributed by atoms with Gasteiger partial charge in [0.2, 0.25) is 5.91 Å². The summed E-state index contributed by atoms with van der Waals surface area (Å²) < 4.78 is 1.53. The molecule has 1 rings (SSSR count). The van der Waals surface area contributed by atoms with Crippen LogP contribution in [0.2, 0.25) is 0 Å². The van der Waals surface area contributed by atoms with Crippen LogP contribution in [0.15, 0.2) is 39.8 Å². The van der Waals surface area contributed by atoms with Gasteiger partial charge in [-0.1, -0.05) is 37.9 Å². The molecule has 2 amide bonds. The van der Waals surface area contributed by atoms with Crippen LogP contribution in [-0.2, 0) is 4.79 Å². The fourth-order valence-electron chi connectivity index (χ4n) is 1.34. The summed E-state index contributed by atoms with van der Waals surface area (Å²) in [5.74, 6) is -0.944. The molecule has 0 heterocycles. The van der Waals surface area contributed by atoms with E-state index in [-0.39, 0.29) is 5.91 Å². The number of carbonyl (C=O) groups excluding carboxylic acids is 2. The number of primary amides is 1. The zero-order valence-electron chi connectivity index (χ0n) is 9.45. The predicted octanol–water partition coefficient (Wildman–Crippen LogP) is 2.37. The number of hydrogen-bond acceptors (Lipinski definition) is 2. The van der Waals surface area contributed by atoms with E-state index in [0.29, 0.717) is 12.0 Å². The van der Waals surface area contributed by atoms with Crippen molar-refractivity contribution < 1.29 is 9.59 Å². The smallest absolute Gasteiger partial charge is 0.252 e. The number of nitrogens with one attached hydrogen (secondary N) is 1. The minimum atomic E-state index is -0.743. The van der Waals surface area contributed by atoms with E-state index in [4.69, 9.17) is 5.73 Å². The van der Waals surface area contributed by atoms with Gasteiger partial charge in [0.1, 0.15) is 6.04 Å². The Kier molecular flexibility index (Phi) is 5.55. The molecule has 0 aromatic heterocycles. The third-order valence-electron chi connectivity index (χ3n) is 2.18. The number of hydrogen-bond donors (Lipinski definition) is 2. The summed E-state index contributed by atoms with van der Waals surface area (Å²) in [6.45, 7) is 3.52. The number of nitrogens with two attached hydrogens (primary N) is 1. The van der Waals surface area contributed by atoms with Gasteiger partial charge in [-0.15, -0.1) is 6.58 Å². The van der Waals surface area contributed by atoms with Crippen LogP contribution in [0.25, 0.3) is 0 Å². The molecule has 96 valence electrons. The summed E-state index contributed by atoms with van der Waals surface area (Å²) in [5.41, 5.74) is 5.63. The lowest BCUT2D eigenvalue weighted by Gasteiger charge is -2.13. The average molecular weight is 376 g/mol. The molecular weight excluding hydrogens is 364 g/mol. The normalized spacial score (nSPS) is 11.7. The minimum absolute atomic E-state index is 0.302. The maximum atomic E-state index is 11.9. The molecular formula is C12H12Br2N2O2. The molecule has 0 spiro atoms. The quantitative estimate of drug-likeness (QED) is 0.775. The Morgan fingerprint density at radius 3 is 2.33 bits per heavy atom. The molecule has 1 atom stereocenters. The van der Waals surface area contributed by atoms with Crippen molar-refractivity contribution in [3.63, 3.8) is 0 Å². The van der Waals surface area contributed by atoms with E-state index in [1.165, 1.54) is 6.08 Å². The SMILES string of the molecule is C=CC[C@H](NC(=O)c1cc(Br)cc(Br)c1)C(N)=O. The Labute approximate surface area is 122 Å². The molecule has 6 heteroatoms. The van der Waals surface area contributed by atoms with Crippen molar-refractivity contribution in [2.75, 3.05) is 0 Å². The maximum absolute atomic E-state index is 11.9. The van der Waals surface area contributed by atoms with Gasteiger partial charge in [-0.25, -0.2) is 0 Å². The van der Waals surface area contributed by atoms with E-state index in [1.807, 2.05) is 6.07 Å². The first-order valence-corrected chi connectivity index (χ1v) is 6.70. The van der Waals surface area contributed by atoms with Gasteiger partial charge in [-0.3, -0.25) is 9.59 Å². The first-order chi connectivity index (χ1) is 8.43. The molecule has 0 aliphatic carbocycles. The number of carbonyl (C=O) groups is 2. The lowest BCUT2D eigenvalue weighted by molar-refractivity contribution is -0.119. The Bertz CT molecular complexity index is 469. The summed E-state index contributed by atoms with van der Waals surface area (Å²) in [5, 5.41) is 2.56. The number of rotatable bonds is 5. The van der Waals surface area contributed by atoms with Crippen molar-refractivity contribution >= 4 is 43.7 Å². The first kappa shape index (κ1) is 14.9. The van der Waals surface area contributed by atoms with Gasteiger partial charge >= 0.3 is 0 Å². The summed E-state index contributed by atoms with van der Waals surface area (Å²) in [4.78, 5) is 23.1. The van der Waals surface area contributed by atoms with Gasteiger partial charge in [-0.2, -0.15) is 0 Å². The summed E-state index contributed by atoms with van der Waals surface area (Å²) in [6, 6.07) is 4.39. The second-order valence-corrected chi connectivity index (χ2v) is 5.44. The highest BCUT2D eigenvalue weighted by molar-refractivity contribution is 9.11. The molecule has 0 bridgehead atoms. The highest BCUT2D eigenvalue weighted by atomic mass is 79.9. The van der Waals surface area contributed by atoms with Crippen LogP contribution in [0.5, 0.6) is 0 Å². The molecule has 4 nitrogen and oxygen atoms in total. The molecule has 1 aromatic rings. The topological polar surface area (TPSA) is 72.2 Å². The molecule has 0 radical (unpaired) electrons. The first-order valence-electron chi connectivity index (χ1n) is 5.11. The summed E-state index contributed by atoms with van der Waals surface area (Å²) in [7, 11) is 0. The highest BCUT2D eigenvalue weighted by Gasteiger charge is 2.17. The molecule has 1 aromatic carbocycles. The summed E-state index contributed by atoms with van der Waals surface area (Å²) in [6.07, 6.45) is 1.84. The van der Waals surface area contributed by atoms with Crippen molar-refractivity contribution in [1.29, 1.82) is 0 Å². The van der Waals surface area contributed by atoms with E-state index < -0.39 is 11.9 Å². The van der Waals surface area contributed by atoms with Gasteiger partial charge in [0.05, 0.1) is 0 Å². The molecule has 0 unspecified atom stereocenters. The van der Waals surface area contributed by atoms with Crippen LogP contribution in [0, 0.1) is 0 Å². The van der Waals surface area contributed by atoms with E-state index in [0.717, 1.165) is 8.95 Å². The monoisotopic (exact) mass is 374 g/mol. The molecule has 0 saturated carbocycles. The van der Waals surface area contributed by atoms with E-state index >= 15 is 0 Å². The Balaban J connectivity index is 2.86. The van der Waals surface area contributed by atoms with Crippen LogP contribution in [0.3, 0.4) is 0 Å². The van der Waals surface area contributed by atoms with Gasteiger partial charge in [0.15, 0.2) is 0 Å². The predicted molar refractivity (Wildman–Crippen MR) is 77.1 cm³/mol. The molecule has 18 heavy (non-hydrogen) atoms. The number of benzene rings is 1. The minimum Gasteiger partial charge on any atom is -0.368 e.